The van der Waals surface area contributed by atoms with Crippen molar-refractivity contribution < 1.29 is 14.3 Å². The zero-order valence-electron chi connectivity index (χ0n) is 8.40. The van der Waals surface area contributed by atoms with Crippen LogP contribution < -0.4 is 10.5 Å². The lowest BCUT2D eigenvalue weighted by Gasteiger charge is -2.08. The Morgan fingerprint density at radius 2 is 2.33 bits per heavy atom. The summed E-state index contributed by atoms with van der Waals surface area (Å²) in [4.78, 5) is 0. The molecule has 1 aromatic rings. The maximum absolute atomic E-state index is 12.8. The molecule has 0 aliphatic carbocycles. The summed E-state index contributed by atoms with van der Waals surface area (Å²) in [5.41, 5.74) is 6.09. The molecule has 0 radical (unpaired) electrons. The Balaban J connectivity index is 2.54. The van der Waals surface area contributed by atoms with Gasteiger partial charge in [-0.3, -0.25) is 0 Å². The lowest BCUT2D eigenvalue weighted by atomic mass is 10.2. The fourth-order valence-corrected chi connectivity index (χ4v) is 1.04. The number of rotatable bonds is 4. The van der Waals surface area contributed by atoms with Crippen molar-refractivity contribution in [2.75, 3.05) is 6.61 Å². The summed E-state index contributed by atoms with van der Waals surface area (Å²) in [6.45, 7) is 2.07. The van der Waals surface area contributed by atoms with E-state index in [4.69, 9.17) is 15.7 Å². The maximum Gasteiger partial charge on any atom is 0.142 e. The topological polar surface area (TPSA) is 67.8 Å². The Morgan fingerprint density at radius 3 is 3.00 bits per heavy atom. The van der Waals surface area contributed by atoms with E-state index in [2.05, 4.69) is 5.16 Å². The van der Waals surface area contributed by atoms with E-state index in [1.807, 2.05) is 6.92 Å². The molecule has 82 valence electrons. The van der Waals surface area contributed by atoms with Crippen LogP contribution in [0.2, 0.25) is 0 Å². The van der Waals surface area contributed by atoms with Crippen molar-refractivity contribution in [3.8, 4) is 5.75 Å². The van der Waals surface area contributed by atoms with E-state index in [9.17, 15) is 4.39 Å². The molecular weight excluding hydrogens is 199 g/mol. The predicted octanol–water partition coefficient (Wildman–Crippen LogP) is 1.65. The lowest BCUT2D eigenvalue weighted by Crippen LogP contribution is -2.15. The Hall–Kier alpha value is -1.78. The minimum atomic E-state index is -0.348. The van der Waals surface area contributed by atoms with Crippen molar-refractivity contribution in [1.29, 1.82) is 0 Å². The first-order valence-electron chi connectivity index (χ1n) is 4.49. The molecule has 0 bridgehead atoms. The molecule has 0 aliphatic heterocycles. The molecule has 0 saturated heterocycles. The van der Waals surface area contributed by atoms with E-state index in [1.54, 1.807) is 6.07 Å². The second-order valence-electron chi connectivity index (χ2n) is 3.10. The third-order valence-corrected chi connectivity index (χ3v) is 1.89. The average Bonchev–Trinajstić information content (AvgIpc) is 2.23. The van der Waals surface area contributed by atoms with Crippen molar-refractivity contribution in [2.24, 2.45) is 10.9 Å². The Morgan fingerprint density at radius 1 is 1.60 bits per heavy atom. The molecular formula is C10H13FN2O2. The SMILES string of the molecule is Cc1ccc(F)cc1OCC/C(N)=N/O. The number of ether oxygens (including phenoxy) is 1. The highest BCUT2D eigenvalue weighted by Gasteiger charge is 2.02. The lowest BCUT2D eigenvalue weighted by molar-refractivity contribution is 0.304. The van der Waals surface area contributed by atoms with Gasteiger partial charge < -0.3 is 15.7 Å². The maximum atomic E-state index is 12.8. The molecule has 0 amide bonds. The molecule has 0 unspecified atom stereocenters. The van der Waals surface area contributed by atoms with E-state index in [1.165, 1.54) is 12.1 Å². The molecule has 0 spiro atoms. The van der Waals surface area contributed by atoms with Crippen LogP contribution >= 0.6 is 0 Å². The van der Waals surface area contributed by atoms with Crippen LogP contribution in [-0.2, 0) is 0 Å². The van der Waals surface area contributed by atoms with Gasteiger partial charge in [0.15, 0.2) is 0 Å². The third kappa shape index (κ3) is 3.46. The van der Waals surface area contributed by atoms with Gasteiger partial charge >= 0.3 is 0 Å². The molecule has 0 saturated carbocycles. The van der Waals surface area contributed by atoms with Crippen molar-refractivity contribution in [2.45, 2.75) is 13.3 Å². The average molecular weight is 212 g/mol. The van der Waals surface area contributed by atoms with E-state index in [-0.39, 0.29) is 18.3 Å². The summed E-state index contributed by atoms with van der Waals surface area (Å²) < 4.78 is 18.1. The van der Waals surface area contributed by atoms with E-state index in [0.717, 1.165) is 5.56 Å². The summed E-state index contributed by atoms with van der Waals surface area (Å²) in [6.07, 6.45) is 0.298. The number of oxime groups is 1. The highest BCUT2D eigenvalue weighted by atomic mass is 19.1. The molecule has 0 aliphatic rings. The summed E-state index contributed by atoms with van der Waals surface area (Å²) in [7, 11) is 0. The number of hydrogen-bond acceptors (Lipinski definition) is 3. The fourth-order valence-electron chi connectivity index (χ4n) is 1.04. The van der Waals surface area contributed by atoms with Gasteiger partial charge in [0.2, 0.25) is 0 Å². The number of nitrogens with zero attached hydrogens (tertiary/aromatic N) is 1. The van der Waals surface area contributed by atoms with E-state index in [0.29, 0.717) is 12.2 Å². The van der Waals surface area contributed by atoms with Gasteiger partial charge in [-0.05, 0) is 18.6 Å². The number of nitrogens with two attached hydrogens (primary N) is 1. The minimum Gasteiger partial charge on any atom is -0.493 e. The van der Waals surface area contributed by atoms with Crippen molar-refractivity contribution in [1.82, 2.24) is 0 Å². The molecule has 0 fully saturated rings. The monoisotopic (exact) mass is 212 g/mol. The van der Waals surface area contributed by atoms with Gasteiger partial charge in [-0.1, -0.05) is 11.2 Å². The van der Waals surface area contributed by atoms with Crippen LogP contribution in [0.5, 0.6) is 5.75 Å². The first kappa shape index (κ1) is 11.3. The van der Waals surface area contributed by atoms with Gasteiger partial charge in [0.25, 0.3) is 0 Å². The smallest absolute Gasteiger partial charge is 0.142 e. The molecule has 5 heteroatoms. The number of benzene rings is 1. The number of aryl methyl sites for hydroxylation is 1. The number of amidine groups is 1. The van der Waals surface area contributed by atoms with Crippen LogP contribution in [0.4, 0.5) is 4.39 Å². The molecule has 1 rings (SSSR count). The van der Waals surface area contributed by atoms with Gasteiger partial charge in [-0.25, -0.2) is 4.39 Å². The second-order valence-corrected chi connectivity index (χ2v) is 3.10. The molecule has 0 aromatic heterocycles. The molecule has 3 N–H and O–H groups in total. The number of halogens is 1. The molecule has 15 heavy (non-hydrogen) atoms. The van der Waals surface area contributed by atoms with Crippen LogP contribution in [0.15, 0.2) is 23.4 Å². The van der Waals surface area contributed by atoms with E-state index >= 15 is 0 Å². The third-order valence-electron chi connectivity index (χ3n) is 1.89. The van der Waals surface area contributed by atoms with Gasteiger partial charge in [0, 0.05) is 12.5 Å². The summed E-state index contributed by atoms with van der Waals surface area (Å²) in [5.74, 6) is 0.212. The fraction of sp³-hybridized carbons (Fsp3) is 0.300. The van der Waals surface area contributed by atoms with Crippen LogP contribution in [-0.4, -0.2) is 17.6 Å². The van der Waals surface area contributed by atoms with Crippen molar-refractivity contribution in [3.05, 3.63) is 29.6 Å². The van der Waals surface area contributed by atoms with Gasteiger partial charge in [-0.2, -0.15) is 0 Å². The minimum absolute atomic E-state index is 0.0871. The van der Waals surface area contributed by atoms with Crippen LogP contribution in [0.3, 0.4) is 0 Å². The quantitative estimate of drug-likeness (QED) is 0.345. The van der Waals surface area contributed by atoms with Crippen LogP contribution in [0, 0.1) is 12.7 Å². The Kier molecular flexibility index (Phi) is 3.91. The molecule has 4 nitrogen and oxygen atoms in total. The van der Waals surface area contributed by atoms with Crippen LogP contribution in [0.1, 0.15) is 12.0 Å². The highest BCUT2D eigenvalue weighted by molar-refractivity contribution is 5.79. The van der Waals surface area contributed by atoms with Crippen molar-refractivity contribution >= 4 is 5.84 Å². The predicted molar refractivity (Wildman–Crippen MR) is 54.7 cm³/mol. The molecule has 1 aromatic carbocycles. The molecule has 0 atom stereocenters. The second kappa shape index (κ2) is 5.19. The summed E-state index contributed by atoms with van der Waals surface area (Å²) >= 11 is 0. The largest absolute Gasteiger partial charge is 0.493 e. The Labute approximate surface area is 87.2 Å². The first-order valence-corrected chi connectivity index (χ1v) is 4.49. The summed E-state index contributed by atoms with van der Waals surface area (Å²) in [5, 5.41) is 11.1. The first-order chi connectivity index (χ1) is 7.13. The normalized spacial score (nSPS) is 11.5. The zero-order valence-corrected chi connectivity index (χ0v) is 8.40. The number of hydrogen-bond donors (Lipinski definition) is 2. The highest BCUT2D eigenvalue weighted by Crippen LogP contribution is 2.18. The van der Waals surface area contributed by atoms with Gasteiger partial charge in [0.1, 0.15) is 17.4 Å². The molecule has 0 heterocycles. The summed E-state index contributed by atoms with van der Waals surface area (Å²) in [6, 6.07) is 4.31. The van der Waals surface area contributed by atoms with Gasteiger partial charge in [0.05, 0.1) is 6.61 Å². The zero-order chi connectivity index (χ0) is 11.3. The van der Waals surface area contributed by atoms with E-state index < -0.39 is 0 Å². The van der Waals surface area contributed by atoms with Crippen LogP contribution in [0.25, 0.3) is 0 Å². The van der Waals surface area contributed by atoms with Gasteiger partial charge in [-0.15, -0.1) is 0 Å². The Bertz CT molecular complexity index is 366. The standard InChI is InChI=1S/C10H13FN2O2/c1-7-2-3-8(11)6-9(7)15-5-4-10(12)13-14/h2-3,6,14H,4-5H2,1H3,(H2,12,13). The van der Waals surface area contributed by atoms with Crippen molar-refractivity contribution in [3.63, 3.8) is 0 Å².